The van der Waals surface area contributed by atoms with Crippen molar-refractivity contribution < 1.29 is 4.79 Å². The number of carbonyl (C=O) groups excluding carboxylic acids is 1. The smallest absolute Gasteiger partial charge is 0.235 e. The third kappa shape index (κ3) is 3.45. The molecule has 0 aromatic carbocycles. The maximum Gasteiger partial charge on any atom is 0.235 e. The van der Waals surface area contributed by atoms with Crippen LogP contribution in [0.25, 0.3) is 5.65 Å². The fourth-order valence-corrected chi connectivity index (χ4v) is 2.66. The maximum atomic E-state index is 11.4. The minimum absolute atomic E-state index is 0.202. The van der Waals surface area contributed by atoms with Gasteiger partial charge in [-0.2, -0.15) is 0 Å². The number of carbonyl (C=O) groups is 1. The van der Waals surface area contributed by atoms with E-state index in [2.05, 4.69) is 15.5 Å². The zero-order valence-corrected chi connectivity index (χ0v) is 11.7. The van der Waals surface area contributed by atoms with E-state index < -0.39 is 0 Å². The Balaban J connectivity index is 2.06. The van der Waals surface area contributed by atoms with E-state index in [0.29, 0.717) is 5.75 Å². The van der Waals surface area contributed by atoms with Crippen molar-refractivity contribution in [3.63, 3.8) is 0 Å². The molecule has 0 saturated carbocycles. The zero-order chi connectivity index (χ0) is 13.8. The summed E-state index contributed by atoms with van der Waals surface area (Å²) < 4.78 is 1.89. The van der Waals surface area contributed by atoms with Crippen molar-refractivity contribution in [2.45, 2.75) is 31.1 Å². The topological polar surface area (TPSA) is 85.3 Å². The highest BCUT2D eigenvalue weighted by Gasteiger charge is 2.17. The number of rotatable bonds is 6. The van der Waals surface area contributed by atoms with E-state index >= 15 is 0 Å². The molecule has 3 N–H and O–H groups in total. The van der Waals surface area contributed by atoms with Crippen LogP contribution in [0.3, 0.4) is 0 Å². The van der Waals surface area contributed by atoms with Crippen LogP contribution in [0.1, 0.15) is 13.8 Å². The zero-order valence-electron chi connectivity index (χ0n) is 10.9. The first kappa shape index (κ1) is 13.8. The number of nitrogens with zero attached hydrogens (tertiary/aromatic N) is 3. The number of aromatic nitrogens is 3. The van der Waals surface area contributed by atoms with Crippen LogP contribution in [-0.4, -0.2) is 38.3 Å². The molecule has 2 heterocycles. The lowest BCUT2D eigenvalue weighted by atomic mass is 10.3. The minimum atomic E-state index is -0.374. The van der Waals surface area contributed by atoms with Crippen LogP contribution in [0, 0.1) is 0 Å². The summed E-state index contributed by atoms with van der Waals surface area (Å²) in [5.41, 5.74) is 6.17. The van der Waals surface area contributed by atoms with Gasteiger partial charge in [-0.05, 0) is 12.1 Å². The summed E-state index contributed by atoms with van der Waals surface area (Å²) in [6.45, 7) is 3.96. The molecule has 19 heavy (non-hydrogen) atoms. The molecule has 7 heteroatoms. The number of nitrogens with two attached hydrogens (primary N) is 1. The SMILES string of the molecule is CC(C)NC(CSc1nnc2ccccn12)C(N)=O. The Kier molecular flexibility index (Phi) is 4.39. The highest BCUT2D eigenvalue weighted by atomic mass is 32.2. The molecule has 102 valence electrons. The normalized spacial score (nSPS) is 13.0. The van der Waals surface area contributed by atoms with Crippen molar-refractivity contribution in [3.8, 4) is 0 Å². The highest BCUT2D eigenvalue weighted by Crippen LogP contribution is 2.17. The third-order valence-electron chi connectivity index (χ3n) is 2.54. The molecule has 0 radical (unpaired) electrons. The summed E-state index contributed by atoms with van der Waals surface area (Å²) in [7, 11) is 0. The molecule has 1 unspecified atom stereocenters. The number of nitrogens with one attached hydrogen (secondary N) is 1. The van der Waals surface area contributed by atoms with E-state index in [9.17, 15) is 4.79 Å². The Labute approximate surface area is 115 Å². The van der Waals surface area contributed by atoms with Crippen LogP contribution in [0.5, 0.6) is 0 Å². The number of fused-ring (bicyclic) bond motifs is 1. The molecular formula is C12H17N5OS. The second-order valence-corrected chi connectivity index (χ2v) is 5.49. The molecule has 2 aromatic rings. The molecule has 0 aliphatic heterocycles. The van der Waals surface area contributed by atoms with E-state index in [4.69, 9.17) is 5.73 Å². The van der Waals surface area contributed by atoms with Crippen molar-refractivity contribution in [1.82, 2.24) is 19.9 Å². The number of amides is 1. The van der Waals surface area contributed by atoms with Crippen LogP contribution in [-0.2, 0) is 4.79 Å². The average Bonchev–Trinajstić information content (AvgIpc) is 2.77. The Hall–Kier alpha value is -1.60. The molecule has 0 aliphatic rings. The summed E-state index contributed by atoms with van der Waals surface area (Å²) >= 11 is 1.46. The second-order valence-electron chi connectivity index (χ2n) is 4.50. The standard InChI is InChI=1S/C12H17N5OS/c1-8(2)14-9(11(13)18)7-19-12-16-15-10-5-3-4-6-17(10)12/h3-6,8-9,14H,7H2,1-2H3,(H2,13,18). The summed E-state index contributed by atoms with van der Waals surface area (Å²) in [5, 5.41) is 12.1. The molecule has 0 spiro atoms. The number of thioether (sulfide) groups is 1. The molecule has 1 amide bonds. The van der Waals surface area contributed by atoms with E-state index in [1.807, 2.05) is 42.6 Å². The summed E-state index contributed by atoms with van der Waals surface area (Å²) in [6, 6.07) is 5.53. The van der Waals surface area contributed by atoms with Gasteiger partial charge in [-0.1, -0.05) is 31.7 Å². The minimum Gasteiger partial charge on any atom is -0.368 e. The fourth-order valence-electron chi connectivity index (χ4n) is 1.69. The monoisotopic (exact) mass is 279 g/mol. The average molecular weight is 279 g/mol. The van der Waals surface area contributed by atoms with Crippen molar-refractivity contribution in [2.75, 3.05) is 5.75 Å². The Morgan fingerprint density at radius 3 is 2.95 bits per heavy atom. The number of primary amides is 1. The number of pyridine rings is 1. The van der Waals surface area contributed by atoms with Gasteiger partial charge in [0.1, 0.15) is 0 Å². The van der Waals surface area contributed by atoms with E-state index in [1.165, 1.54) is 11.8 Å². The molecule has 0 fully saturated rings. The molecule has 0 aliphatic carbocycles. The van der Waals surface area contributed by atoms with Gasteiger partial charge in [-0.25, -0.2) is 0 Å². The predicted octanol–water partition coefficient (Wildman–Crippen LogP) is 0.673. The van der Waals surface area contributed by atoms with Gasteiger partial charge in [0.2, 0.25) is 5.91 Å². The Morgan fingerprint density at radius 1 is 1.47 bits per heavy atom. The van der Waals surface area contributed by atoms with Gasteiger partial charge in [0, 0.05) is 18.0 Å². The first-order chi connectivity index (χ1) is 9.08. The lowest BCUT2D eigenvalue weighted by molar-refractivity contribution is -0.119. The van der Waals surface area contributed by atoms with Crippen LogP contribution in [0.4, 0.5) is 0 Å². The van der Waals surface area contributed by atoms with E-state index in [1.54, 1.807) is 0 Å². The van der Waals surface area contributed by atoms with E-state index in [-0.39, 0.29) is 18.0 Å². The fraction of sp³-hybridized carbons (Fsp3) is 0.417. The van der Waals surface area contributed by atoms with Crippen molar-refractivity contribution in [1.29, 1.82) is 0 Å². The highest BCUT2D eigenvalue weighted by molar-refractivity contribution is 7.99. The van der Waals surface area contributed by atoms with Gasteiger partial charge >= 0.3 is 0 Å². The number of hydrogen-bond donors (Lipinski definition) is 2. The largest absolute Gasteiger partial charge is 0.368 e. The molecule has 0 bridgehead atoms. The van der Waals surface area contributed by atoms with Gasteiger partial charge in [0.05, 0.1) is 6.04 Å². The van der Waals surface area contributed by atoms with Gasteiger partial charge < -0.3 is 11.1 Å². The molecule has 0 saturated heterocycles. The van der Waals surface area contributed by atoms with Crippen LogP contribution in [0.15, 0.2) is 29.6 Å². The van der Waals surface area contributed by atoms with Gasteiger partial charge in [0.25, 0.3) is 0 Å². The molecule has 2 aromatic heterocycles. The molecule has 6 nitrogen and oxygen atoms in total. The lowest BCUT2D eigenvalue weighted by Crippen LogP contribution is -2.46. The predicted molar refractivity (Wildman–Crippen MR) is 75.0 cm³/mol. The first-order valence-corrected chi connectivity index (χ1v) is 7.04. The van der Waals surface area contributed by atoms with Crippen molar-refractivity contribution in [2.24, 2.45) is 5.73 Å². The van der Waals surface area contributed by atoms with Crippen LogP contribution in [0.2, 0.25) is 0 Å². The summed E-state index contributed by atoms with van der Waals surface area (Å²) in [5.74, 6) is 0.179. The van der Waals surface area contributed by atoms with E-state index in [0.717, 1.165) is 10.8 Å². The summed E-state index contributed by atoms with van der Waals surface area (Å²) in [4.78, 5) is 11.4. The second kappa shape index (κ2) is 6.03. The van der Waals surface area contributed by atoms with Crippen LogP contribution >= 0.6 is 11.8 Å². The van der Waals surface area contributed by atoms with Crippen molar-refractivity contribution in [3.05, 3.63) is 24.4 Å². The maximum absolute atomic E-state index is 11.4. The molecule has 2 rings (SSSR count). The van der Waals surface area contributed by atoms with Gasteiger partial charge in [-0.15, -0.1) is 10.2 Å². The number of hydrogen-bond acceptors (Lipinski definition) is 5. The van der Waals surface area contributed by atoms with Crippen LogP contribution < -0.4 is 11.1 Å². The van der Waals surface area contributed by atoms with Gasteiger partial charge in [0.15, 0.2) is 10.8 Å². The lowest BCUT2D eigenvalue weighted by Gasteiger charge is -2.17. The van der Waals surface area contributed by atoms with Crippen molar-refractivity contribution >= 4 is 23.3 Å². The third-order valence-corrected chi connectivity index (χ3v) is 3.58. The Bertz CT molecular complexity index is 568. The molecular weight excluding hydrogens is 262 g/mol. The summed E-state index contributed by atoms with van der Waals surface area (Å²) in [6.07, 6.45) is 1.90. The van der Waals surface area contributed by atoms with Gasteiger partial charge in [-0.3, -0.25) is 9.20 Å². The quantitative estimate of drug-likeness (QED) is 0.759. The molecule has 1 atom stereocenters. The first-order valence-electron chi connectivity index (χ1n) is 6.06. The Morgan fingerprint density at radius 2 is 2.26 bits per heavy atom.